The predicted octanol–water partition coefficient (Wildman–Crippen LogP) is 2.25. The van der Waals surface area contributed by atoms with Crippen LogP contribution < -0.4 is 5.73 Å². The minimum Gasteiger partial charge on any atom is -0.330 e. The second kappa shape index (κ2) is 7.39. The molecule has 2 fully saturated rings. The molecule has 116 valence electrons. The lowest BCUT2D eigenvalue weighted by Gasteiger charge is -2.32. The molecule has 2 heterocycles. The molecule has 1 aromatic carbocycles. The first-order chi connectivity index (χ1) is 10.4. The molecule has 0 aliphatic carbocycles. The largest absolute Gasteiger partial charge is 0.330 e. The Morgan fingerprint density at radius 3 is 2.52 bits per heavy atom. The van der Waals surface area contributed by atoms with Crippen LogP contribution in [0.4, 0.5) is 0 Å². The highest BCUT2D eigenvalue weighted by atomic mass is 15.3. The molecule has 21 heavy (non-hydrogen) atoms. The number of hydrogen-bond donors (Lipinski definition) is 1. The fourth-order valence-corrected chi connectivity index (χ4v) is 3.89. The number of hydrogen-bond acceptors (Lipinski definition) is 3. The summed E-state index contributed by atoms with van der Waals surface area (Å²) in [5.74, 6) is 0. The Kier molecular flexibility index (Phi) is 5.28. The first-order valence-electron chi connectivity index (χ1n) is 8.60. The lowest BCUT2D eigenvalue weighted by Crippen LogP contribution is -2.40. The van der Waals surface area contributed by atoms with Crippen LogP contribution in [-0.4, -0.2) is 48.6 Å². The van der Waals surface area contributed by atoms with Crippen LogP contribution in [0.3, 0.4) is 0 Å². The van der Waals surface area contributed by atoms with Gasteiger partial charge < -0.3 is 5.73 Å². The Morgan fingerprint density at radius 2 is 1.76 bits per heavy atom. The molecule has 0 spiro atoms. The highest BCUT2D eigenvalue weighted by molar-refractivity contribution is 5.27. The van der Waals surface area contributed by atoms with E-state index in [4.69, 9.17) is 5.73 Å². The van der Waals surface area contributed by atoms with E-state index in [0.29, 0.717) is 0 Å². The Balaban J connectivity index is 1.57. The zero-order valence-corrected chi connectivity index (χ0v) is 13.1. The van der Waals surface area contributed by atoms with Crippen LogP contribution in [0.5, 0.6) is 0 Å². The lowest BCUT2D eigenvalue weighted by atomic mass is 10.0. The third-order valence-corrected chi connectivity index (χ3v) is 5.08. The van der Waals surface area contributed by atoms with Gasteiger partial charge in [-0.25, -0.2) is 0 Å². The van der Waals surface area contributed by atoms with E-state index in [1.54, 1.807) is 0 Å². The molecule has 2 aliphatic rings. The van der Waals surface area contributed by atoms with E-state index < -0.39 is 0 Å². The van der Waals surface area contributed by atoms with Crippen molar-refractivity contribution in [2.24, 2.45) is 5.73 Å². The van der Waals surface area contributed by atoms with Gasteiger partial charge in [-0.15, -0.1) is 0 Å². The average molecular weight is 287 g/mol. The van der Waals surface area contributed by atoms with Crippen molar-refractivity contribution in [1.29, 1.82) is 0 Å². The molecule has 3 rings (SSSR count). The summed E-state index contributed by atoms with van der Waals surface area (Å²) in [4.78, 5) is 5.36. The highest BCUT2D eigenvalue weighted by Gasteiger charge is 2.28. The van der Waals surface area contributed by atoms with Gasteiger partial charge in [0.15, 0.2) is 0 Å². The topological polar surface area (TPSA) is 32.5 Å². The van der Waals surface area contributed by atoms with Gasteiger partial charge in [-0.3, -0.25) is 9.80 Å². The van der Waals surface area contributed by atoms with Crippen LogP contribution in [0.15, 0.2) is 24.3 Å². The fraction of sp³-hybridized carbons (Fsp3) is 0.667. The van der Waals surface area contributed by atoms with Gasteiger partial charge in [0.25, 0.3) is 0 Å². The van der Waals surface area contributed by atoms with Gasteiger partial charge in [-0.1, -0.05) is 30.7 Å². The van der Waals surface area contributed by atoms with Crippen molar-refractivity contribution < 1.29 is 0 Å². The van der Waals surface area contributed by atoms with E-state index in [2.05, 4.69) is 34.1 Å². The maximum Gasteiger partial charge on any atom is 0.0237 e. The molecule has 1 aromatic rings. The molecule has 0 amide bonds. The van der Waals surface area contributed by atoms with Crippen LogP contribution in [0, 0.1) is 0 Å². The lowest BCUT2D eigenvalue weighted by molar-refractivity contribution is 0.161. The first kappa shape index (κ1) is 15.0. The van der Waals surface area contributed by atoms with Crippen LogP contribution >= 0.6 is 0 Å². The summed E-state index contributed by atoms with van der Waals surface area (Å²) in [6.07, 6.45) is 6.57. The Bertz CT molecular complexity index is 440. The number of rotatable bonds is 5. The van der Waals surface area contributed by atoms with Crippen molar-refractivity contribution in [2.45, 2.75) is 44.7 Å². The quantitative estimate of drug-likeness (QED) is 0.901. The van der Waals surface area contributed by atoms with Crippen LogP contribution in [-0.2, 0) is 13.0 Å². The highest BCUT2D eigenvalue weighted by Crippen LogP contribution is 2.22. The summed E-state index contributed by atoms with van der Waals surface area (Å²) < 4.78 is 0. The van der Waals surface area contributed by atoms with Crippen molar-refractivity contribution in [3.05, 3.63) is 35.4 Å². The summed E-state index contributed by atoms with van der Waals surface area (Å²) in [7, 11) is 0. The van der Waals surface area contributed by atoms with Crippen molar-refractivity contribution in [3.63, 3.8) is 0 Å². The molecule has 3 nitrogen and oxygen atoms in total. The summed E-state index contributed by atoms with van der Waals surface area (Å²) in [6.45, 7) is 6.98. The first-order valence-corrected chi connectivity index (χ1v) is 8.60. The molecular weight excluding hydrogens is 258 g/mol. The van der Waals surface area contributed by atoms with E-state index in [9.17, 15) is 0 Å². The Hall–Kier alpha value is -0.900. The molecule has 2 aliphatic heterocycles. The molecule has 1 unspecified atom stereocenters. The Labute approximate surface area is 129 Å². The second-order valence-corrected chi connectivity index (χ2v) is 6.58. The minimum atomic E-state index is 0.743. The molecule has 0 aromatic heterocycles. The maximum absolute atomic E-state index is 5.74. The third-order valence-electron chi connectivity index (χ3n) is 5.08. The van der Waals surface area contributed by atoms with Gasteiger partial charge in [-0.2, -0.15) is 0 Å². The van der Waals surface area contributed by atoms with Gasteiger partial charge >= 0.3 is 0 Å². The summed E-state index contributed by atoms with van der Waals surface area (Å²) in [5.41, 5.74) is 8.64. The average Bonchev–Trinajstić information content (AvgIpc) is 2.99. The van der Waals surface area contributed by atoms with Gasteiger partial charge in [0.2, 0.25) is 0 Å². The van der Waals surface area contributed by atoms with Crippen molar-refractivity contribution in [3.8, 4) is 0 Å². The number of nitrogens with two attached hydrogens (primary N) is 1. The molecule has 2 N–H and O–H groups in total. The normalized spacial score (nSPS) is 24.5. The number of likely N-dealkylation sites (tertiary alicyclic amines) is 2. The van der Waals surface area contributed by atoms with Crippen LogP contribution in [0.25, 0.3) is 0 Å². The monoisotopic (exact) mass is 287 g/mol. The zero-order chi connectivity index (χ0) is 14.5. The van der Waals surface area contributed by atoms with Gasteiger partial charge in [-0.05, 0) is 56.4 Å². The maximum atomic E-state index is 5.74. The predicted molar refractivity (Wildman–Crippen MR) is 88.3 cm³/mol. The molecule has 0 saturated carbocycles. The van der Waals surface area contributed by atoms with Gasteiger partial charge in [0.1, 0.15) is 0 Å². The summed E-state index contributed by atoms with van der Waals surface area (Å²) >= 11 is 0. The fourth-order valence-electron chi connectivity index (χ4n) is 3.89. The molecular formula is C18H29N3. The van der Waals surface area contributed by atoms with E-state index in [0.717, 1.165) is 25.6 Å². The van der Waals surface area contributed by atoms with E-state index >= 15 is 0 Å². The molecule has 0 radical (unpaired) electrons. The van der Waals surface area contributed by atoms with Gasteiger partial charge in [0.05, 0.1) is 0 Å². The third kappa shape index (κ3) is 3.85. The standard InChI is InChI=1S/C18H29N3/c19-10-8-16-6-2-3-7-17(16)14-20-13-9-18(15-20)21-11-4-1-5-12-21/h2-3,6-7,18H,1,4-5,8-15,19H2. The second-order valence-electron chi connectivity index (χ2n) is 6.58. The molecule has 3 heteroatoms. The number of nitrogens with zero attached hydrogens (tertiary/aromatic N) is 2. The van der Waals surface area contributed by atoms with E-state index in [1.807, 2.05) is 0 Å². The molecule has 0 bridgehead atoms. The summed E-state index contributed by atoms with van der Waals surface area (Å²) in [5, 5.41) is 0. The minimum absolute atomic E-state index is 0.743. The SMILES string of the molecule is NCCc1ccccc1CN1CCC(N2CCCCC2)C1. The van der Waals surface area contributed by atoms with Crippen molar-refractivity contribution >= 4 is 0 Å². The van der Waals surface area contributed by atoms with E-state index in [-0.39, 0.29) is 0 Å². The molecule has 1 atom stereocenters. The van der Waals surface area contributed by atoms with Gasteiger partial charge in [0, 0.05) is 25.7 Å². The Morgan fingerprint density at radius 1 is 1.00 bits per heavy atom. The number of benzene rings is 1. The van der Waals surface area contributed by atoms with Crippen LogP contribution in [0.1, 0.15) is 36.8 Å². The smallest absolute Gasteiger partial charge is 0.0237 e. The molecule has 2 saturated heterocycles. The number of piperidine rings is 1. The summed E-state index contributed by atoms with van der Waals surface area (Å²) in [6, 6.07) is 9.61. The van der Waals surface area contributed by atoms with E-state index in [1.165, 1.54) is 63.0 Å². The van der Waals surface area contributed by atoms with Crippen molar-refractivity contribution in [1.82, 2.24) is 9.80 Å². The van der Waals surface area contributed by atoms with Crippen LogP contribution in [0.2, 0.25) is 0 Å². The zero-order valence-electron chi connectivity index (χ0n) is 13.1. The van der Waals surface area contributed by atoms with Crippen molar-refractivity contribution in [2.75, 3.05) is 32.7 Å².